The van der Waals surface area contributed by atoms with Gasteiger partial charge in [-0.3, -0.25) is 14.6 Å². The van der Waals surface area contributed by atoms with Crippen LogP contribution in [-0.4, -0.2) is 32.4 Å². The highest BCUT2D eigenvalue weighted by Gasteiger charge is 2.10. The summed E-state index contributed by atoms with van der Waals surface area (Å²) in [5.74, 6) is 0.0753. The molecule has 0 bridgehead atoms. The van der Waals surface area contributed by atoms with E-state index in [0.29, 0.717) is 12.1 Å². The fourth-order valence-electron chi connectivity index (χ4n) is 1.45. The molecule has 0 aliphatic heterocycles. The third-order valence-corrected chi connectivity index (χ3v) is 2.32. The van der Waals surface area contributed by atoms with Crippen molar-refractivity contribution in [3.63, 3.8) is 0 Å². The first-order valence-corrected chi connectivity index (χ1v) is 5.32. The van der Waals surface area contributed by atoms with Crippen molar-refractivity contribution in [2.24, 2.45) is 0 Å². The van der Waals surface area contributed by atoms with E-state index >= 15 is 0 Å². The van der Waals surface area contributed by atoms with E-state index in [1.165, 1.54) is 6.20 Å². The van der Waals surface area contributed by atoms with Crippen molar-refractivity contribution in [3.05, 3.63) is 30.2 Å². The molecule has 17 heavy (non-hydrogen) atoms. The number of anilines is 1. The molecule has 7 heteroatoms. The van der Waals surface area contributed by atoms with Gasteiger partial charge >= 0.3 is 0 Å². The van der Waals surface area contributed by atoms with E-state index in [9.17, 15) is 4.79 Å². The minimum absolute atomic E-state index is 0.211. The Balaban J connectivity index is 1.72. The fraction of sp³-hybridized carbons (Fsp3) is 0.300. The Kier molecular flexibility index (Phi) is 3.39. The molecule has 2 heterocycles. The summed E-state index contributed by atoms with van der Waals surface area (Å²) in [6, 6.07) is 1.87. The monoisotopic (exact) mass is 234 g/mol. The molecule has 2 rings (SSSR count). The van der Waals surface area contributed by atoms with Gasteiger partial charge in [-0.2, -0.15) is 10.2 Å². The number of aromatic nitrogens is 4. The number of aryl methyl sites for hydroxylation is 1. The summed E-state index contributed by atoms with van der Waals surface area (Å²) in [4.78, 5) is 11.6. The number of nitrogens with two attached hydrogens (primary N) is 1. The van der Waals surface area contributed by atoms with Crippen LogP contribution in [0.25, 0.3) is 0 Å². The number of nitrogen functional groups attached to an aromatic ring is 1. The lowest BCUT2D eigenvalue weighted by Gasteiger charge is -2.04. The van der Waals surface area contributed by atoms with E-state index < -0.39 is 0 Å². The average molecular weight is 234 g/mol. The summed E-state index contributed by atoms with van der Waals surface area (Å²) >= 11 is 0. The van der Waals surface area contributed by atoms with Gasteiger partial charge in [0.25, 0.3) is 5.91 Å². The smallest absolute Gasteiger partial charge is 0.256 e. The number of H-pyrrole nitrogens is 1. The quantitative estimate of drug-likeness (QED) is 0.634. The van der Waals surface area contributed by atoms with Gasteiger partial charge in [0.05, 0.1) is 6.20 Å². The van der Waals surface area contributed by atoms with Crippen LogP contribution >= 0.6 is 0 Å². The number of nitrogens with zero attached hydrogens (tertiary/aromatic N) is 3. The van der Waals surface area contributed by atoms with Crippen molar-refractivity contribution >= 4 is 11.7 Å². The normalized spacial score (nSPS) is 10.4. The van der Waals surface area contributed by atoms with Crippen molar-refractivity contribution in [1.82, 2.24) is 25.3 Å². The highest BCUT2D eigenvalue weighted by molar-refractivity contribution is 5.97. The lowest BCUT2D eigenvalue weighted by molar-refractivity contribution is 0.0953. The van der Waals surface area contributed by atoms with Crippen LogP contribution in [0.3, 0.4) is 0 Å². The zero-order valence-electron chi connectivity index (χ0n) is 9.26. The molecule has 0 radical (unpaired) electrons. The second-order valence-electron chi connectivity index (χ2n) is 3.58. The molecule has 1 amide bonds. The molecule has 0 spiro atoms. The largest absolute Gasteiger partial charge is 0.383 e. The molecule has 2 aromatic heterocycles. The van der Waals surface area contributed by atoms with Crippen LogP contribution in [0.15, 0.2) is 24.7 Å². The average Bonchev–Trinajstić information content (AvgIpc) is 2.95. The summed E-state index contributed by atoms with van der Waals surface area (Å²) in [7, 11) is 0. The number of nitrogens with one attached hydrogen (secondary N) is 2. The lowest BCUT2D eigenvalue weighted by Crippen LogP contribution is -2.25. The van der Waals surface area contributed by atoms with Crippen molar-refractivity contribution in [3.8, 4) is 0 Å². The first-order valence-electron chi connectivity index (χ1n) is 5.32. The SMILES string of the molecule is Nc1[nH]ncc1C(=O)NCCCn1cccn1. The second-order valence-corrected chi connectivity index (χ2v) is 3.58. The van der Waals surface area contributed by atoms with Crippen molar-refractivity contribution in [2.45, 2.75) is 13.0 Å². The van der Waals surface area contributed by atoms with Gasteiger partial charge in [0.2, 0.25) is 0 Å². The first-order chi connectivity index (χ1) is 8.27. The summed E-state index contributed by atoms with van der Waals surface area (Å²) < 4.78 is 1.82. The van der Waals surface area contributed by atoms with E-state index in [4.69, 9.17) is 5.73 Å². The van der Waals surface area contributed by atoms with E-state index in [1.54, 1.807) is 6.20 Å². The molecule has 7 nitrogen and oxygen atoms in total. The number of carbonyl (C=O) groups is 1. The van der Waals surface area contributed by atoms with Gasteiger partial charge < -0.3 is 11.1 Å². The molecule has 0 saturated carbocycles. The third-order valence-electron chi connectivity index (χ3n) is 2.32. The molecule has 0 aliphatic rings. The minimum atomic E-state index is -0.211. The summed E-state index contributed by atoms with van der Waals surface area (Å²) in [6.45, 7) is 1.34. The predicted molar refractivity (Wildman–Crippen MR) is 62.2 cm³/mol. The maximum absolute atomic E-state index is 11.6. The Morgan fingerprint density at radius 1 is 1.59 bits per heavy atom. The highest BCUT2D eigenvalue weighted by Crippen LogP contribution is 2.04. The zero-order valence-corrected chi connectivity index (χ0v) is 9.26. The first kappa shape index (κ1) is 11.2. The van der Waals surface area contributed by atoms with Crippen LogP contribution in [0, 0.1) is 0 Å². The van der Waals surface area contributed by atoms with Gasteiger partial charge in [0.1, 0.15) is 11.4 Å². The molecule has 0 unspecified atom stereocenters. The molecule has 4 N–H and O–H groups in total. The molecule has 0 saturated heterocycles. The molecule has 0 atom stereocenters. The summed E-state index contributed by atoms with van der Waals surface area (Å²) in [5, 5.41) is 13.0. The number of amides is 1. The van der Waals surface area contributed by atoms with Crippen LogP contribution in [0.2, 0.25) is 0 Å². The van der Waals surface area contributed by atoms with Gasteiger partial charge in [0, 0.05) is 25.5 Å². The molecule has 0 aromatic carbocycles. The lowest BCUT2D eigenvalue weighted by atomic mass is 10.3. The maximum atomic E-state index is 11.6. The van der Waals surface area contributed by atoms with Crippen LogP contribution < -0.4 is 11.1 Å². The standard InChI is InChI=1S/C10H14N6O/c11-9-8(7-13-15-9)10(17)12-3-1-5-16-6-2-4-14-16/h2,4,6-7H,1,3,5H2,(H,12,17)(H3,11,13,15). The maximum Gasteiger partial charge on any atom is 0.256 e. The second kappa shape index (κ2) is 5.15. The van der Waals surface area contributed by atoms with Crippen LogP contribution in [0.1, 0.15) is 16.8 Å². The molecule has 0 fully saturated rings. The van der Waals surface area contributed by atoms with Gasteiger partial charge in [-0.05, 0) is 12.5 Å². The Morgan fingerprint density at radius 3 is 3.12 bits per heavy atom. The van der Waals surface area contributed by atoms with Gasteiger partial charge in [-0.1, -0.05) is 0 Å². The molecular weight excluding hydrogens is 220 g/mol. The number of hydrogen-bond acceptors (Lipinski definition) is 4. The van der Waals surface area contributed by atoms with Crippen LogP contribution in [-0.2, 0) is 6.54 Å². The highest BCUT2D eigenvalue weighted by atomic mass is 16.1. The van der Waals surface area contributed by atoms with Crippen LogP contribution in [0.4, 0.5) is 5.82 Å². The van der Waals surface area contributed by atoms with Crippen molar-refractivity contribution < 1.29 is 4.79 Å². The summed E-state index contributed by atoms with van der Waals surface area (Å²) in [5.41, 5.74) is 5.91. The molecular formula is C10H14N6O. The summed E-state index contributed by atoms with van der Waals surface area (Å²) in [6.07, 6.45) is 5.84. The van der Waals surface area contributed by atoms with Gasteiger partial charge in [0.15, 0.2) is 0 Å². The Hall–Kier alpha value is -2.31. The number of rotatable bonds is 5. The number of carbonyl (C=O) groups excluding carboxylic acids is 1. The van der Waals surface area contributed by atoms with Crippen molar-refractivity contribution in [1.29, 1.82) is 0 Å². The van der Waals surface area contributed by atoms with Crippen molar-refractivity contribution in [2.75, 3.05) is 12.3 Å². The Bertz CT molecular complexity index is 475. The molecule has 0 aliphatic carbocycles. The number of aromatic amines is 1. The zero-order chi connectivity index (χ0) is 12.1. The van der Waals surface area contributed by atoms with E-state index in [-0.39, 0.29) is 11.7 Å². The molecule has 2 aromatic rings. The topological polar surface area (TPSA) is 102 Å². The van der Waals surface area contributed by atoms with Gasteiger partial charge in [-0.15, -0.1) is 0 Å². The predicted octanol–water partition coefficient (Wildman–Crippen LogP) is 0.00850. The van der Waals surface area contributed by atoms with Gasteiger partial charge in [-0.25, -0.2) is 0 Å². The fourth-order valence-corrected chi connectivity index (χ4v) is 1.45. The van der Waals surface area contributed by atoms with E-state index in [1.807, 2.05) is 16.9 Å². The van der Waals surface area contributed by atoms with E-state index in [0.717, 1.165) is 13.0 Å². The Labute approximate surface area is 98.0 Å². The van der Waals surface area contributed by atoms with Crippen LogP contribution in [0.5, 0.6) is 0 Å². The third kappa shape index (κ3) is 2.83. The molecule has 90 valence electrons. The number of hydrogen-bond donors (Lipinski definition) is 3. The Morgan fingerprint density at radius 2 is 2.47 bits per heavy atom. The minimum Gasteiger partial charge on any atom is -0.383 e. The van der Waals surface area contributed by atoms with E-state index in [2.05, 4.69) is 20.6 Å².